The first kappa shape index (κ1) is 10.1. The van der Waals surface area contributed by atoms with Gasteiger partial charge in [-0.05, 0) is 11.6 Å². The van der Waals surface area contributed by atoms with Crippen molar-refractivity contribution in [3.63, 3.8) is 0 Å². The lowest BCUT2D eigenvalue weighted by Gasteiger charge is -1.93. The van der Waals surface area contributed by atoms with Crippen molar-refractivity contribution in [2.45, 2.75) is 0 Å². The molecule has 0 amide bonds. The summed E-state index contributed by atoms with van der Waals surface area (Å²) in [5.41, 5.74) is 1.72. The number of nitrogens with one attached hydrogen (secondary N) is 1. The Balaban J connectivity index is 2.22. The highest BCUT2D eigenvalue weighted by molar-refractivity contribution is 5.68. The van der Waals surface area contributed by atoms with Crippen molar-refractivity contribution in [1.82, 2.24) is 9.97 Å². The highest BCUT2D eigenvalue weighted by atomic mass is 16.6. The van der Waals surface area contributed by atoms with Gasteiger partial charge in [0, 0.05) is 12.1 Å². The van der Waals surface area contributed by atoms with Crippen LogP contribution in [0.2, 0.25) is 0 Å². The third kappa shape index (κ3) is 2.33. The third-order valence-corrected chi connectivity index (χ3v) is 2.06. The van der Waals surface area contributed by atoms with Crippen LogP contribution in [0.4, 0.5) is 5.69 Å². The maximum Gasteiger partial charge on any atom is 0.270 e. The molecule has 0 aliphatic heterocycles. The number of benzene rings is 1. The molecule has 0 saturated carbocycles. The van der Waals surface area contributed by atoms with Crippen LogP contribution in [0.5, 0.6) is 0 Å². The molecule has 0 atom stereocenters. The molecule has 0 radical (unpaired) electrons. The summed E-state index contributed by atoms with van der Waals surface area (Å²) >= 11 is 0. The second-order valence-electron chi connectivity index (χ2n) is 3.19. The number of aromatic nitrogens is 2. The molecule has 0 unspecified atom stereocenters. The number of imidazole rings is 1. The quantitative estimate of drug-likeness (QED) is 0.631. The van der Waals surface area contributed by atoms with Gasteiger partial charge in [0.15, 0.2) is 0 Å². The predicted molar refractivity (Wildman–Crippen MR) is 60.6 cm³/mol. The minimum atomic E-state index is -0.409. The fraction of sp³-hybridized carbons (Fsp3) is 0. The van der Waals surface area contributed by atoms with Gasteiger partial charge in [0.05, 0.1) is 23.1 Å². The number of rotatable bonds is 3. The molecule has 5 heteroatoms. The average Bonchev–Trinajstić information content (AvgIpc) is 2.79. The summed E-state index contributed by atoms with van der Waals surface area (Å²) < 4.78 is 0. The lowest BCUT2D eigenvalue weighted by atomic mass is 10.2. The number of nitro benzene ring substituents is 1. The summed E-state index contributed by atoms with van der Waals surface area (Å²) in [6, 6.07) is 6.45. The first-order valence-corrected chi connectivity index (χ1v) is 4.66. The third-order valence-electron chi connectivity index (χ3n) is 2.06. The second-order valence-corrected chi connectivity index (χ2v) is 3.19. The fourth-order valence-corrected chi connectivity index (χ4v) is 1.29. The highest BCUT2D eigenvalue weighted by Gasteiger charge is 2.03. The smallest absolute Gasteiger partial charge is 0.270 e. The molecule has 2 aromatic rings. The van der Waals surface area contributed by atoms with Gasteiger partial charge in [-0.1, -0.05) is 18.2 Å². The zero-order chi connectivity index (χ0) is 11.4. The van der Waals surface area contributed by atoms with Crippen LogP contribution in [0.1, 0.15) is 11.3 Å². The maximum absolute atomic E-state index is 10.6. The Kier molecular flexibility index (Phi) is 2.77. The Hall–Kier alpha value is -2.43. The first-order valence-electron chi connectivity index (χ1n) is 4.66. The van der Waals surface area contributed by atoms with Gasteiger partial charge in [0.2, 0.25) is 0 Å². The fourth-order valence-electron chi connectivity index (χ4n) is 1.29. The van der Waals surface area contributed by atoms with E-state index in [1.165, 1.54) is 12.1 Å². The normalized spacial score (nSPS) is 10.8. The van der Waals surface area contributed by atoms with Crippen molar-refractivity contribution in [2.75, 3.05) is 0 Å². The van der Waals surface area contributed by atoms with E-state index in [9.17, 15) is 10.1 Å². The molecule has 0 fully saturated rings. The van der Waals surface area contributed by atoms with Crippen LogP contribution in [-0.4, -0.2) is 14.9 Å². The molecule has 0 bridgehead atoms. The molecule has 5 nitrogen and oxygen atoms in total. The second kappa shape index (κ2) is 4.39. The van der Waals surface area contributed by atoms with E-state index in [1.807, 2.05) is 6.08 Å². The molecule has 16 heavy (non-hydrogen) atoms. The molecule has 0 aliphatic carbocycles. The topological polar surface area (TPSA) is 71.8 Å². The van der Waals surface area contributed by atoms with Gasteiger partial charge in [-0.3, -0.25) is 10.1 Å². The van der Waals surface area contributed by atoms with Crippen molar-refractivity contribution in [3.05, 3.63) is 58.2 Å². The lowest BCUT2D eigenvalue weighted by molar-refractivity contribution is -0.384. The monoisotopic (exact) mass is 215 g/mol. The highest BCUT2D eigenvalue weighted by Crippen LogP contribution is 2.14. The molecular weight excluding hydrogens is 206 g/mol. The Morgan fingerprint density at radius 2 is 2.25 bits per heavy atom. The Morgan fingerprint density at radius 3 is 2.94 bits per heavy atom. The van der Waals surface area contributed by atoms with Crippen molar-refractivity contribution >= 4 is 17.8 Å². The molecule has 80 valence electrons. The van der Waals surface area contributed by atoms with E-state index in [4.69, 9.17) is 0 Å². The van der Waals surface area contributed by atoms with Gasteiger partial charge in [-0.15, -0.1) is 0 Å². The minimum Gasteiger partial charge on any atom is -0.345 e. The lowest BCUT2D eigenvalue weighted by Crippen LogP contribution is -1.87. The van der Waals surface area contributed by atoms with E-state index in [-0.39, 0.29) is 5.69 Å². The molecule has 0 aliphatic rings. The number of hydrogen-bond donors (Lipinski definition) is 1. The van der Waals surface area contributed by atoms with Crippen LogP contribution in [-0.2, 0) is 0 Å². The van der Waals surface area contributed by atoms with Crippen molar-refractivity contribution in [3.8, 4) is 0 Å². The van der Waals surface area contributed by atoms with Gasteiger partial charge < -0.3 is 4.98 Å². The van der Waals surface area contributed by atoms with Gasteiger partial charge >= 0.3 is 0 Å². The average molecular weight is 215 g/mol. The van der Waals surface area contributed by atoms with Crippen LogP contribution in [0, 0.1) is 10.1 Å². The Labute approximate surface area is 91.6 Å². The van der Waals surface area contributed by atoms with Gasteiger partial charge in [0.25, 0.3) is 5.69 Å². The number of nitrogens with zero attached hydrogens (tertiary/aromatic N) is 2. The van der Waals surface area contributed by atoms with Crippen LogP contribution in [0.3, 0.4) is 0 Å². The largest absolute Gasteiger partial charge is 0.345 e. The molecular formula is C11H9N3O2. The van der Waals surface area contributed by atoms with Gasteiger partial charge in [-0.25, -0.2) is 4.98 Å². The van der Waals surface area contributed by atoms with E-state index in [1.54, 1.807) is 30.7 Å². The minimum absolute atomic E-state index is 0.0896. The molecule has 0 spiro atoms. The van der Waals surface area contributed by atoms with E-state index in [2.05, 4.69) is 9.97 Å². The molecule has 1 aromatic heterocycles. The SMILES string of the molecule is O=[N+]([O-])c1cccc(/C=C\c2cnc[nH]2)c1. The van der Waals surface area contributed by atoms with E-state index in [0.717, 1.165) is 11.3 Å². The zero-order valence-corrected chi connectivity index (χ0v) is 8.33. The number of nitro groups is 1. The Morgan fingerprint density at radius 1 is 1.38 bits per heavy atom. The molecule has 1 aromatic carbocycles. The Bertz CT molecular complexity index is 518. The summed E-state index contributed by atoms with van der Waals surface area (Å²) in [4.78, 5) is 16.9. The predicted octanol–water partition coefficient (Wildman–Crippen LogP) is 2.49. The number of non-ortho nitro benzene ring substituents is 1. The van der Waals surface area contributed by atoms with Crippen LogP contribution in [0.15, 0.2) is 36.8 Å². The molecule has 1 N–H and O–H groups in total. The molecule has 1 heterocycles. The van der Waals surface area contributed by atoms with Crippen molar-refractivity contribution in [1.29, 1.82) is 0 Å². The molecule has 2 rings (SSSR count). The summed E-state index contributed by atoms with van der Waals surface area (Å²) in [6.07, 6.45) is 6.85. The van der Waals surface area contributed by atoms with Crippen LogP contribution >= 0.6 is 0 Å². The summed E-state index contributed by atoms with van der Waals surface area (Å²) in [6.45, 7) is 0. The number of hydrogen-bond acceptors (Lipinski definition) is 3. The maximum atomic E-state index is 10.6. The van der Waals surface area contributed by atoms with Crippen LogP contribution in [0.25, 0.3) is 12.2 Å². The first-order chi connectivity index (χ1) is 7.75. The molecule has 0 saturated heterocycles. The van der Waals surface area contributed by atoms with Gasteiger partial charge in [-0.2, -0.15) is 0 Å². The zero-order valence-electron chi connectivity index (χ0n) is 8.33. The number of aromatic amines is 1. The summed E-state index contributed by atoms with van der Waals surface area (Å²) in [5.74, 6) is 0. The van der Waals surface area contributed by atoms with Crippen LogP contribution < -0.4 is 0 Å². The van der Waals surface area contributed by atoms with E-state index < -0.39 is 4.92 Å². The summed E-state index contributed by atoms with van der Waals surface area (Å²) in [7, 11) is 0. The summed E-state index contributed by atoms with van der Waals surface area (Å²) in [5, 5.41) is 10.6. The standard InChI is InChI=1S/C11H9N3O2/c15-14(16)11-3-1-2-9(6-11)4-5-10-7-12-8-13-10/h1-8H,(H,12,13)/b5-4-. The van der Waals surface area contributed by atoms with E-state index in [0.29, 0.717) is 0 Å². The number of H-pyrrole nitrogens is 1. The van der Waals surface area contributed by atoms with Gasteiger partial charge in [0.1, 0.15) is 0 Å². The van der Waals surface area contributed by atoms with E-state index >= 15 is 0 Å². The van der Waals surface area contributed by atoms with Crippen molar-refractivity contribution < 1.29 is 4.92 Å². The van der Waals surface area contributed by atoms with Crippen molar-refractivity contribution in [2.24, 2.45) is 0 Å².